The number of aromatic nitrogens is 1. The van der Waals surface area contributed by atoms with Crippen LogP contribution in [0.3, 0.4) is 0 Å². The van der Waals surface area contributed by atoms with E-state index >= 15 is 0 Å². The van der Waals surface area contributed by atoms with E-state index in [2.05, 4.69) is 4.98 Å². The molecular formula is C3H4FMnNSZn. The average molecular weight is 225 g/mol. The Bertz CT molecular complexity index is 75.8. The van der Waals surface area contributed by atoms with Gasteiger partial charge in [-0.2, -0.15) is 0 Å². The van der Waals surface area contributed by atoms with Gasteiger partial charge in [0.15, 0.2) is 0 Å². The number of halogens is 1. The van der Waals surface area contributed by atoms with Gasteiger partial charge in [0.05, 0.1) is 5.51 Å². The van der Waals surface area contributed by atoms with Gasteiger partial charge in [0, 0.05) is 48.1 Å². The second kappa shape index (κ2) is 10.6. The number of thiazole rings is 1. The molecular weight excluding hydrogens is 221 g/mol. The molecule has 8 heavy (non-hydrogen) atoms. The van der Waals surface area contributed by atoms with Gasteiger partial charge in [0.1, 0.15) is 0 Å². The Kier molecular flexibility index (Phi) is 21.1. The van der Waals surface area contributed by atoms with Crippen molar-refractivity contribution in [3.63, 3.8) is 0 Å². The van der Waals surface area contributed by atoms with Crippen LogP contribution in [0.5, 0.6) is 0 Å². The fourth-order valence-corrected chi connectivity index (χ4v) is 0.527. The zero-order valence-electron chi connectivity index (χ0n) is 4.08. The molecule has 0 atom stereocenters. The van der Waals surface area contributed by atoms with Crippen LogP contribution in [-0.2, 0) is 36.5 Å². The van der Waals surface area contributed by atoms with Crippen molar-refractivity contribution in [2.75, 3.05) is 0 Å². The second-order valence-electron chi connectivity index (χ2n) is 0.676. The molecule has 0 aliphatic rings. The van der Waals surface area contributed by atoms with Crippen molar-refractivity contribution in [1.29, 1.82) is 0 Å². The standard InChI is InChI=1S/C3H3NS.FH.Mn.Zn/c1-2-5-3-4-1;;;/h1-3H;1H;;. The fraction of sp³-hybridized carbons (Fsp3) is 0. The van der Waals surface area contributed by atoms with E-state index in [-0.39, 0.29) is 41.3 Å². The molecule has 0 fully saturated rings. The maximum Gasteiger partial charge on any atom is 0.0791 e. The maximum atomic E-state index is 3.74. The Hall–Kier alpha value is 0.703. The average Bonchev–Trinajstić information content (AvgIpc) is 1.76. The zero-order chi connectivity index (χ0) is 3.54. The molecule has 0 spiro atoms. The van der Waals surface area contributed by atoms with Crippen LogP contribution in [-0.4, -0.2) is 4.98 Å². The molecule has 1 heterocycles. The van der Waals surface area contributed by atoms with Crippen LogP contribution in [0, 0.1) is 0 Å². The predicted octanol–water partition coefficient (Wildman–Crippen LogP) is 1.29. The van der Waals surface area contributed by atoms with Crippen LogP contribution in [0.1, 0.15) is 0 Å². The van der Waals surface area contributed by atoms with Crippen LogP contribution in [0.4, 0.5) is 4.70 Å². The molecule has 0 bridgehead atoms. The molecule has 1 aromatic heterocycles. The Balaban J connectivity index is -0.0000000833. The van der Waals surface area contributed by atoms with E-state index < -0.39 is 0 Å². The number of rotatable bonds is 0. The van der Waals surface area contributed by atoms with Crippen LogP contribution in [0.25, 0.3) is 0 Å². The summed E-state index contributed by atoms with van der Waals surface area (Å²) < 4.78 is 0. The molecule has 1 aromatic rings. The summed E-state index contributed by atoms with van der Waals surface area (Å²) in [4.78, 5) is 3.74. The van der Waals surface area contributed by atoms with E-state index in [1.165, 1.54) is 0 Å². The SMILES string of the molecule is F.[Mn].[Zn].c1cscn1. The van der Waals surface area contributed by atoms with Crippen molar-refractivity contribution in [3.05, 3.63) is 17.1 Å². The predicted molar refractivity (Wildman–Crippen MR) is 24.6 cm³/mol. The van der Waals surface area contributed by atoms with Gasteiger partial charge < -0.3 is 0 Å². The molecule has 1 rings (SSSR count). The van der Waals surface area contributed by atoms with Crippen molar-refractivity contribution in [1.82, 2.24) is 4.98 Å². The minimum absolute atomic E-state index is 0. The maximum absolute atomic E-state index is 3.74. The van der Waals surface area contributed by atoms with Gasteiger partial charge in [0.25, 0.3) is 0 Å². The summed E-state index contributed by atoms with van der Waals surface area (Å²) in [6.45, 7) is 0. The van der Waals surface area contributed by atoms with E-state index in [0.29, 0.717) is 0 Å². The van der Waals surface area contributed by atoms with Gasteiger partial charge in [-0.3, -0.25) is 9.69 Å². The first kappa shape index (κ1) is 15.9. The number of hydrogen-bond acceptors (Lipinski definition) is 2. The summed E-state index contributed by atoms with van der Waals surface area (Å²) in [5.74, 6) is 0. The molecule has 0 aliphatic heterocycles. The Morgan fingerprint density at radius 2 is 2.00 bits per heavy atom. The van der Waals surface area contributed by atoms with E-state index in [9.17, 15) is 0 Å². The minimum atomic E-state index is 0. The Labute approximate surface area is 74.5 Å². The topological polar surface area (TPSA) is 12.9 Å². The second-order valence-corrected chi connectivity index (χ2v) is 1.43. The summed E-state index contributed by atoms with van der Waals surface area (Å²) >= 11 is 1.60. The summed E-state index contributed by atoms with van der Waals surface area (Å²) in [7, 11) is 0. The van der Waals surface area contributed by atoms with Gasteiger partial charge in [0.2, 0.25) is 0 Å². The van der Waals surface area contributed by atoms with Crippen LogP contribution >= 0.6 is 11.3 Å². The van der Waals surface area contributed by atoms with Gasteiger partial charge in [-0.1, -0.05) is 0 Å². The van der Waals surface area contributed by atoms with E-state index in [1.807, 2.05) is 5.38 Å². The largest absolute Gasteiger partial charge is 0.269 e. The van der Waals surface area contributed by atoms with Gasteiger partial charge >= 0.3 is 0 Å². The molecule has 0 aromatic carbocycles. The summed E-state index contributed by atoms with van der Waals surface area (Å²) in [5.41, 5.74) is 1.79. The molecule has 0 N–H and O–H groups in total. The Morgan fingerprint density at radius 3 is 2.12 bits per heavy atom. The molecule has 5 heteroatoms. The first-order valence-electron chi connectivity index (χ1n) is 1.32. The zero-order valence-corrected chi connectivity index (χ0v) is 9.04. The van der Waals surface area contributed by atoms with E-state index in [1.54, 1.807) is 23.0 Å². The smallest absolute Gasteiger partial charge is 0.0791 e. The van der Waals surface area contributed by atoms with Crippen molar-refractivity contribution in [2.24, 2.45) is 0 Å². The van der Waals surface area contributed by atoms with Gasteiger partial charge in [-0.25, -0.2) is 0 Å². The van der Waals surface area contributed by atoms with Crippen LogP contribution in [0.15, 0.2) is 17.1 Å². The third-order valence-corrected chi connectivity index (χ3v) is 0.869. The summed E-state index contributed by atoms with van der Waals surface area (Å²) in [5, 5.41) is 1.93. The molecule has 43 valence electrons. The molecule has 1 radical (unpaired) electrons. The third-order valence-electron chi connectivity index (χ3n) is 0.347. The molecule has 0 amide bonds. The Morgan fingerprint density at radius 1 is 1.38 bits per heavy atom. The molecule has 1 nitrogen and oxygen atoms in total. The molecule has 0 aliphatic carbocycles. The third kappa shape index (κ3) is 6.70. The summed E-state index contributed by atoms with van der Waals surface area (Å²) in [6.07, 6.45) is 1.77. The van der Waals surface area contributed by atoms with Gasteiger partial charge in [-0.05, 0) is 0 Å². The first-order chi connectivity index (χ1) is 2.50. The van der Waals surface area contributed by atoms with Crippen molar-refractivity contribution >= 4 is 11.3 Å². The quantitative estimate of drug-likeness (QED) is 0.607. The fourth-order valence-electron chi connectivity index (χ4n) is 0.176. The van der Waals surface area contributed by atoms with Gasteiger partial charge in [-0.15, -0.1) is 11.3 Å². The molecule has 0 unspecified atom stereocenters. The summed E-state index contributed by atoms with van der Waals surface area (Å²) in [6, 6.07) is 0. The minimum Gasteiger partial charge on any atom is -0.269 e. The van der Waals surface area contributed by atoms with E-state index in [0.717, 1.165) is 0 Å². The molecule has 0 saturated carbocycles. The van der Waals surface area contributed by atoms with E-state index in [4.69, 9.17) is 0 Å². The number of nitrogens with zero attached hydrogens (tertiary/aromatic N) is 1. The van der Waals surface area contributed by atoms with Crippen molar-refractivity contribution in [2.45, 2.75) is 0 Å². The molecule has 0 saturated heterocycles. The van der Waals surface area contributed by atoms with Crippen molar-refractivity contribution in [3.8, 4) is 0 Å². The first-order valence-corrected chi connectivity index (χ1v) is 2.26. The monoisotopic (exact) mass is 224 g/mol. The normalized spacial score (nSPS) is 5.00. The number of hydrogen-bond donors (Lipinski definition) is 0. The van der Waals surface area contributed by atoms with Crippen LogP contribution < -0.4 is 0 Å². The van der Waals surface area contributed by atoms with Crippen molar-refractivity contribution < 1.29 is 41.3 Å². The van der Waals surface area contributed by atoms with Crippen LogP contribution in [0.2, 0.25) is 0 Å².